The highest BCUT2D eigenvalue weighted by molar-refractivity contribution is 4.85. The molecule has 4 atom stereocenters. The molecule has 0 spiro atoms. The molecule has 2 aliphatic carbocycles. The summed E-state index contributed by atoms with van der Waals surface area (Å²) in [5.74, 6) is 6.00. The van der Waals surface area contributed by atoms with Crippen molar-refractivity contribution in [1.82, 2.24) is 0 Å². The molecule has 2 saturated carbocycles. The third-order valence-corrected chi connectivity index (χ3v) is 5.81. The van der Waals surface area contributed by atoms with Gasteiger partial charge in [-0.05, 0) is 48.3 Å². The van der Waals surface area contributed by atoms with Crippen molar-refractivity contribution in [2.45, 2.75) is 79.1 Å². The first kappa shape index (κ1) is 14.4. The summed E-state index contributed by atoms with van der Waals surface area (Å²) < 4.78 is 0. The van der Waals surface area contributed by atoms with Gasteiger partial charge in [-0.15, -0.1) is 0 Å². The van der Waals surface area contributed by atoms with E-state index < -0.39 is 0 Å². The fraction of sp³-hybridized carbons (Fsp3) is 1.00. The molecule has 2 rings (SSSR count). The number of hydrogen-bond acceptors (Lipinski definition) is 0. The normalized spacial score (nSPS) is 39.8. The molecule has 0 heteroatoms. The van der Waals surface area contributed by atoms with Crippen molar-refractivity contribution >= 4 is 0 Å². The summed E-state index contributed by atoms with van der Waals surface area (Å²) in [6.07, 6.45) is 12.1. The Bertz CT molecular complexity index is 220. The van der Waals surface area contributed by atoms with Crippen LogP contribution in [0.15, 0.2) is 0 Å². The standard InChI is InChI=1S/C18H34/c1-13(2)18(16-9-5-7-14(3)11-16)17-10-6-8-15(4)12-17/h13-18H,5-12H2,1-4H3. The lowest BCUT2D eigenvalue weighted by Crippen LogP contribution is -2.33. The Labute approximate surface area is 115 Å². The van der Waals surface area contributed by atoms with Gasteiger partial charge in [-0.3, -0.25) is 0 Å². The average Bonchev–Trinajstić information content (AvgIpc) is 2.28. The van der Waals surface area contributed by atoms with E-state index in [1.54, 1.807) is 0 Å². The summed E-state index contributed by atoms with van der Waals surface area (Å²) in [6, 6.07) is 0. The third kappa shape index (κ3) is 3.52. The van der Waals surface area contributed by atoms with Gasteiger partial charge in [0.2, 0.25) is 0 Å². The highest BCUT2D eigenvalue weighted by Crippen LogP contribution is 2.45. The van der Waals surface area contributed by atoms with Crippen LogP contribution in [0.2, 0.25) is 0 Å². The summed E-state index contributed by atoms with van der Waals surface area (Å²) in [6.45, 7) is 9.94. The van der Waals surface area contributed by atoms with Crippen LogP contribution in [-0.2, 0) is 0 Å². The Balaban J connectivity index is 2.02. The van der Waals surface area contributed by atoms with Crippen molar-refractivity contribution in [2.24, 2.45) is 35.5 Å². The lowest BCUT2D eigenvalue weighted by atomic mass is 9.63. The summed E-state index contributed by atoms with van der Waals surface area (Å²) in [5.41, 5.74) is 0. The van der Waals surface area contributed by atoms with Crippen LogP contribution in [0.5, 0.6) is 0 Å². The van der Waals surface area contributed by atoms with Crippen LogP contribution < -0.4 is 0 Å². The summed E-state index contributed by atoms with van der Waals surface area (Å²) in [5, 5.41) is 0. The molecule has 0 heterocycles. The second-order valence-electron chi connectivity index (χ2n) is 7.89. The van der Waals surface area contributed by atoms with Crippen molar-refractivity contribution in [1.29, 1.82) is 0 Å². The minimum atomic E-state index is 0.899. The molecule has 0 aliphatic heterocycles. The predicted molar refractivity (Wildman–Crippen MR) is 80.6 cm³/mol. The van der Waals surface area contributed by atoms with Crippen LogP contribution in [0.25, 0.3) is 0 Å². The summed E-state index contributed by atoms with van der Waals surface area (Å²) in [7, 11) is 0. The zero-order chi connectivity index (χ0) is 13.1. The van der Waals surface area contributed by atoms with E-state index >= 15 is 0 Å². The van der Waals surface area contributed by atoms with Crippen molar-refractivity contribution < 1.29 is 0 Å². The lowest BCUT2D eigenvalue weighted by molar-refractivity contribution is 0.0744. The summed E-state index contributed by atoms with van der Waals surface area (Å²) >= 11 is 0. The highest BCUT2D eigenvalue weighted by atomic mass is 14.4. The second kappa shape index (κ2) is 6.44. The first-order chi connectivity index (χ1) is 8.58. The van der Waals surface area contributed by atoms with E-state index in [2.05, 4.69) is 27.7 Å². The molecule has 2 fully saturated rings. The molecule has 0 bridgehead atoms. The molecule has 0 N–H and O–H groups in total. The number of rotatable bonds is 3. The minimum Gasteiger partial charge on any atom is -0.0625 e. The maximum absolute atomic E-state index is 2.49. The fourth-order valence-electron chi connectivity index (χ4n) is 5.13. The first-order valence-corrected chi connectivity index (χ1v) is 8.58. The van der Waals surface area contributed by atoms with E-state index in [0.29, 0.717) is 0 Å². The molecule has 0 aromatic heterocycles. The average molecular weight is 250 g/mol. The second-order valence-corrected chi connectivity index (χ2v) is 7.89. The largest absolute Gasteiger partial charge is 0.0625 e. The quantitative estimate of drug-likeness (QED) is 0.584. The molecule has 0 saturated heterocycles. The van der Waals surface area contributed by atoms with E-state index in [-0.39, 0.29) is 0 Å². The van der Waals surface area contributed by atoms with Gasteiger partial charge in [0.1, 0.15) is 0 Å². The van der Waals surface area contributed by atoms with Gasteiger partial charge in [0, 0.05) is 0 Å². The Morgan fingerprint density at radius 2 is 1.17 bits per heavy atom. The molecule has 0 nitrogen and oxygen atoms in total. The smallest absolute Gasteiger partial charge is 0.0334 e. The molecule has 0 amide bonds. The predicted octanol–water partition coefficient (Wildman–Crippen LogP) is 5.91. The maximum Gasteiger partial charge on any atom is -0.0334 e. The van der Waals surface area contributed by atoms with Gasteiger partial charge < -0.3 is 0 Å². The maximum atomic E-state index is 2.49. The molecule has 0 aromatic rings. The zero-order valence-electron chi connectivity index (χ0n) is 13.1. The van der Waals surface area contributed by atoms with Gasteiger partial charge in [-0.2, -0.15) is 0 Å². The van der Waals surface area contributed by atoms with Crippen LogP contribution in [0.4, 0.5) is 0 Å². The van der Waals surface area contributed by atoms with Crippen molar-refractivity contribution in [3.8, 4) is 0 Å². The van der Waals surface area contributed by atoms with E-state index in [4.69, 9.17) is 0 Å². The van der Waals surface area contributed by atoms with Crippen LogP contribution >= 0.6 is 0 Å². The van der Waals surface area contributed by atoms with E-state index in [0.717, 1.165) is 35.5 Å². The van der Waals surface area contributed by atoms with Gasteiger partial charge in [-0.25, -0.2) is 0 Å². The van der Waals surface area contributed by atoms with Crippen LogP contribution in [0.1, 0.15) is 79.1 Å². The Kier molecular flexibility index (Phi) is 5.15. The molecule has 4 unspecified atom stereocenters. The Morgan fingerprint density at radius 3 is 1.50 bits per heavy atom. The van der Waals surface area contributed by atoms with Crippen molar-refractivity contribution in [3.05, 3.63) is 0 Å². The van der Waals surface area contributed by atoms with E-state index in [1.807, 2.05) is 0 Å². The molecule has 0 aromatic carbocycles. The first-order valence-electron chi connectivity index (χ1n) is 8.58. The minimum absolute atomic E-state index is 0.899. The van der Waals surface area contributed by atoms with E-state index in [1.165, 1.54) is 51.4 Å². The third-order valence-electron chi connectivity index (χ3n) is 5.81. The Hall–Kier alpha value is 0. The van der Waals surface area contributed by atoms with Gasteiger partial charge in [0.05, 0.1) is 0 Å². The van der Waals surface area contributed by atoms with Gasteiger partial charge in [0.15, 0.2) is 0 Å². The number of hydrogen-bond donors (Lipinski definition) is 0. The molecule has 18 heavy (non-hydrogen) atoms. The van der Waals surface area contributed by atoms with Crippen LogP contribution in [0.3, 0.4) is 0 Å². The fourth-order valence-corrected chi connectivity index (χ4v) is 5.13. The highest BCUT2D eigenvalue weighted by Gasteiger charge is 2.35. The topological polar surface area (TPSA) is 0 Å². The van der Waals surface area contributed by atoms with Gasteiger partial charge >= 0.3 is 0 Å². The SMILES string of the molecule is CC1CCCC(C(C(C)C)C2CCCC(C)C2)C1. The zero-order valence-corrected chi connectivity index (χ0v) is 13.1. The molecule has 2 aliphatic rings. The van der Waals surface area contributed by atoms with Crippen LogP contribution in [-0.4, -0.2) is 0 Å². The lowest BCUT2D eigenvalue weighted by Gasteiger charge is -2.43. The monoisotopic (exact) mass is 250 g/mol. The van der Waals surface area contributed by atoms with E-state index in [9.17, 15) is 0 Å². The van der Waals surface area contributed by atoms with Gasteiger partial charge in [0.25, 0.3) is 0 Å². The van der Waals surface area contributed by atoms with Crippen LogP contribution in [0, 0.1) is 35.5 Å². The van der Waals surface area contributed by atoms with Crippen molar-refractivity contribution in [3.63, 3.8) is 0 Å². The molecule has 0 radical (unpaired) electrons. The molecular weight excluding hydrogens is 216 g/mol. The van der Waals surface area contributed by atoms with Crippen molar-refractivity contribution in [2.75, 3.05) is 0 Å². The molecule has 106 valence electrons. The molecular formula is C18H34. The Morgan fingerprint density at radius 1 is 0.722 bits per heavy atom. The summed E-state index contributed by atoms with van der Waals surface area (Å²) in [4.78, 5) is 0. The van der Waals surface area contributed by atoms with Gasteiger partial charge in [-0.1, -0.05) is 66.2 Å².